The van der Waals surface area contributed by atoms with Gasteiger partial charge in [0, 0.05) is 19.0 Å². The number of piperidine rings is 1. The molecule has 0 aromatic heterocycles. The van der Waals surface area contributed by atoms with Crippen molar-refractivity contribution in [3.8, 4) is 0 Å². The minimum atomic E-state index is 0.224. The van der Waals surface area contributed by atoms with Crippen LogP contribution in [0.3, 0.4) is 0 Å². The van der Waals surface area contributed by atoms with Crippen molar-refractivity contribution < 1.29 is 4.79 Å². The van der Waals surface area contributed by atoms with Gasteiger partial charge in [0.1, 0.15) is 0 Å². The van der Waals surface area contributed by atoms with Gasteiger partial charge in [-0.15, -0.1) is 0 Å². The number of aryl methyl sites for hydroxylation is 1. The van der Waals surface area contributed by atoms with E-state index < -0.39 is 0 Å². The Kier molecular flexibility index (Phi) is 6.44. The van der Waals surface area contributed by atoms with Crippen molar-refractivity contribution in [3.63, 3.8) is 0 Å². The molecule has 0 bridgehead atoms. The predicted octanol–water partition coefficient (Wildman–Crippen LogP) is 3.10. The molecule has 3 atom stereocenters. The normalized spacial score (nSPS) is 24.0. The summed E-state index contributed by atoms with van der Waals surface area (Å²) in [5.74, 6) is 1.20. The lowest BCUT2D eigenvalue weighted by molar-refractivity contribution is -0.123. The Labute approximate surface area is 135 Å². The number of nitrogens with zero attached hydrogens (tertiary/aromatic N) is 1. The van der Waals surface area contributed by atoms with Crippen LogP contribution in [0.5, 0.6) is 0 Å². The predicted molar refractivity (Wildman–Crippen MR) is 91.8 cm³/mol. The Morgan fingerprint density at radius 2 is 2.09 bits per heavy atom. The van der Waals surface area contributed by atoms with Gasteiger partial charge >= 0.3 is 0 Å². The molecule has 0 radical (unpaired) electrons. The van der Waals surface area contributed by atoms with Gasteiger partial charge in [0.15, 0.2) is 0 Å². The van der Waals surface area contributed by atoms with Crippen molar-refractivity contribution in [2.75, 3.05) is 20.1 Å². The average molecular weight is 302 g/mol. The smallest absolute Gasteiger partial charge is 0.220 e. The number of carbonyl (C=O) groups is 1. The summed E-state index contributed by atoms with van der Waals surface area (Å²) in [5.41, 5.74) is 1.36. The molecular weight excluding hydrogens is 272 g/mol. The SMILES string of the molecule is C[C@H](CCc1ccccc1)CC(=O)N[C@H]1CCN(C)C[C@@H]1C. The molecule has 1 aliphatic heterocycles. The number of likely N-dealkylation sites (tertiary alicyclic amines) is 1. The molecule has 2 rings (SSSR count). The van der Waals surface area contributed by atoms with Crippen LogP contribution in [0.2, 0.25) is 0 Å². The first-order valence-electron chi connectivity index (χ1n) is 8.56. The van der Waals surface area contributed by atoms with Gasteiger partial charge in [-0.3, -0.25) is 4.79 Å². The van der Waals surface area contributed by atoms with Gasteiger partial charge in [-0.2, -0.15) is 0 Å². The Balaban J connectivity index is 1.70. The largest absolute Gasteiger partial charge is 0.353 e. The second-order valence-corrected chi connectivity index (χ2v) is 7.04. The molecule has 1 N–H and O–H groups in total. The summed E-state index contributed by atoms with van der Waals surface area (Å²) in [5, 5.41) is 3.25. The van der Waals surface area contributed by atoms with E-state index in [9.17, 15) is 4.79 Å². The van der Waals surface area contributed by atoms with E-state index in [0.717, 1.165) is 32.4 Å². The summed E-state index contributed by atoms with van der Waals surface area (Å²) >= 11 is 0. The quantitative estimate of drug-likeness (QED) is 0.876. The van der Waals surface area contributed by atoms with Gasteiger partial charge < -0.3 is 10.2 Å². The first-order valence-corrected chi connectivity index (χ1v) is 8.56. The van der Waals surface area contributed by atoms with Crippen molar-refractivity contribution in [1.82, 2.24) is 10.2 Å². The van der Waals surface area contributed by atoms with Crippen LogP contribution < -0.4 is 5.32 Å². The third kappa shape index (κ3) is 5.45. The van der Waals surface area contributed by atoms with E-state index in [4.69, 9.17) is 0 Å². The summed E-state index contributed by atoms with van der Waals surface area (Å²) in [6.07, 6.45) is 3.84. The van der Waals surface area contributed by atoms with Gasteiger partial charge in [-0.05, 0) is 50.3 Å². The molecule has 3 nitrogen and oxygen atoms in total. The van der Waals surface area contributed by atoms with Crippen LogP contribution in [0.15, 0.2) is 30.3 Å². The highest BCUT2D eigenvalue weighted by Gasteiger charge is 2.25. The summed E-state index contributed by atoms with van der Waals surface area (Å²) in [6.45, 7) is 6.58. The number of benzene rings is 1. The zero-order valence-corrected chi connectivity index (χ0v) is 14.2. The molecule has 1 aromatic carbocycles. The lowest BCUT2D eigenvalue weighted by Gasteiger charge is -2.35. The molecular formula is C19H30N2O. The van der Waals surface area contributed by atoms with Crippen LogP contribution >= 0.6 is 0 Å². The van der Waals surface area contributed by atoms with Crippen molar-refractivity contribution >= 4 is 5.91 Å². The van der Waals surface area contributed by atoms with Gasteiger partial charge in [0.05, 0.1) is 0 Å². The number of rotatable bonds is 6. The van der Waals surface area contributed by atoms with E-state index in [1.165, 1.54) is 5.56 Å². The molecule has 0 unspecified atom stereocenters. The van der Waals surface area contributed by atoms with Crippen LogP contribution in [0.25, 0.3) is 0 Å². The van der Waals surface area contributed by atoms with E-state index in [1.807, 2.05) is 6.07 Å². The molecule has 1 heterocycles. The maximum absolute atomic E-state index is 12.2. The molecule has 22 heavy (non-hydrogen) atoms. The Morgan fingerprint density at radius 3 is 2.77 bits per heavy atom. The second kappa shape index (κ2) is 8.33. The van der Waals surface area contributed by atoms with Crippen molar-refractivity contribution in [3.05, 3.63) is 35.9 Å². The third-order valence-electron chi connectivity index (χ3n) is 4.76. The van der Waals surface area contributed by atoms with Gasteiger partial charge in [-0.25, -0.2) is 0 Å². The molecule has 122 valence electrons. The number of hydrogen-bond donors (Lipinski definition) is 1. The Morgan fingerprint density at radius 1 is 1.36 bits per heavy atom. The number of carbonyl (C=O) groups excluding carboxylic acids is 1. The van der Waals surface area contributed by atoms with Gasteiger partial charge in [-0.1, -0.05) is 44.2 Å². The van der Waals surface area contributed by atoms with E-state index in [-0.39, 0.29) is 5.91 Å². The lowest BCUT2D eigenvalue weighted by Crippen LogP contribution is -2.49. The van der Waals surface area contributed by atoms with Crippen LogP contribution in [0, 0.1) is 11.8 Å². The number of hydrogen-bond acceptors (Lipinski definition) is 2. The third-order valence-corrected chi connectivity index (χ3v) is 4.76. The first kappa shape index (κ1) is 17.0. The first-order chi connectivity index (χ1) is 10.5. The zero-order chi connectivity index (χ0) is 15.9. The fourth-order valence-corrected chi connectivity index (χ4v) is 3.31. The van der Waals surface area contributed by atoms with E-state index in [1.54, 1.807) is 0 Å². The minimum Gasteiger partial charge on any atom is -0.353 e. The lowest BCUT2D eigenvalue weighted by atomic mass is 9.93. The van der Waals surface area contributed by atoms with Gasteiger partial charge in [0.2, 0.25) is 5.91 Å². The monoisotopic (exact) mass is 302 g/mol. The standard InChI is InChI=1S/C19H30N2O/c1-15(9-10-17-7-5-4-6-8-17)13-19(22)20-18-11-12-21(3)14-16(18)2/h4-8,15-16,18H,9-14H2,1-3H3,(H,20,22)/t15-,16+,18+/m1/s1. The van der Waals surface area contributed by atoms with Crippen LogP contribution in [0.4, 0.5) is 0 Å². The molecule has 0 spiro atoms. The summed E-state index contributed by atoms with van der Waals surface area (Å²) < 4.78 is 0. The molecule has 3 heteroatoms. The van der Waals surface area contributed by atoms with Crippen molar-refractivity contribution in [1.29, 1.82) is 0 Å². The Bertz CT molecular complexity index is 460. The molecule has 1 saturated heterocycles. The van der Waals surface area contributed by atoms with Crippen molar-refractivity contribution in [2.24, 2.45) is 11.8 Å². The average Bonchev–Trinajstić information content (AvgIpc) is 2.49. The Hall–Kier alpha value is -1.35. The minimum absolute atomic E-state index is 0.224. The molecule has 1 amide bonds. The highest BCUT2D eigenvalue weighted by Crippen LogP contribution is 2.17. The van der Waals surface area contributed by atoms with Crippen LogP contribution in [-0.2, 0) is 11.2 Å². The fraction of sp³-hybridized carbons (Fsp3) is 0.632. The molecule has 0 aliphatic carbocycles. The zero-order valence-electron chi connectivity index (χ0n) is 14.2. The highest BCUT2D eigenvalue weighted by molar-refractivity contribution is 5.76. The van der Waals surface area contributed by atoms with E-state index in [0.29, 0.717) is 24.3 Å². The van der Waals surface area contributed by atoms with E-state index in [2.05, 4.69) is 55.4 Å². The number of amides is 1. The summed E-state index contributed by atoms with van der Waals surface area (Å²) in [7, 11) is 2.15. The molecule has 1 fully saturated rings. The summed E-state index contributed by atoms with van der Waals surface area (Å²) in [4.78, 5) is 14.6. The van der Waals surface area contributed by atoms with E-state index >= 15 is 0 Å². The highest BCUT2D eigenvalue weighted by atomic mass is 16.1. The second-order valence-electron chi connectivity index (χ2n) is 7.04. The van der Waals surface area contributed by atoms with Gasteiger partial charge in [0.25, 0.3) is 0 Å². The van der Waals surface area contributed by atoms with Crippen LogP contribution in [-0.4, -0.2) is 37.0 Å². The van der Waals surface area contributed by atoms with Crippen molar-refractivity contribution in [2.45, 2.75) is 45.6 Å². The molecule has 1 aliphatic rings. The summed E-state index contributed by atoms with van der Waals surface area (Å²) in [6, 6.07) is 10.9. The number of nitrogens with one attached hydrogen (secondary N) is 1. The fourth-order valence-electron chi connectivity index (χ4n) is 3.31. The topological polar surface area (TPSA) is 32.3 Å². The van der Waals surface area contributed by atoms with Crippen LogP contribution in [0.1, 0.15) is 38.7 Å². The maximum atomic E-state index is 12.2. The molecule has 0 saturated carbocycles. The molecule has 1 aromatic rings. The maximum Gasteiger partial charge on any atom is 0.220 e.